The van der Waals surface area contributed by atoms with Crippen molar-refractivity contribution in [2.75, 3.05) is 11.9 Å². The molecule has 0 heterocycles. The van der Waals surface area contributed by atoms with Gasteiger partial charge in [-0.1, -0.05) is 22.4 Å². The maximum absolute atomic E-state index is 13.6. The molecule has 2 nitrogen and oxygen atoms in total. The monoisotopic (exact) mass is 345 g/mol. The number of hydrogen-bond donors (Lipinski definition) is 1. The van der Waals surface area contributed by atoms with Crippen LogP contribution in [0.25, 0.3) is 0 Å². The lowest BCUT2D eigenvalue weighted by molar-refractivity contribution is 0.0940. The molecule has 0 spiro atoms. The first-order valence-corrected chi connectivity index (χ1v) is 7.95. The van der Waals surface area contributed by atoms with E-state index in [0.717, 1.165) is 24.2 Å². The molecule has 20 heavy (non-hydrogen) atoms. The Morgan fingerprint density at radius 1 is 1.30 bits per heavy atom. The molecule has 2 rings (SSSR count). The zero-order valence-corrected chi connectivity index (χ0v) is 13.0. The molecule has 0 saturated heterocycles. The Hall–Kier alpha value is -0.970. The molecule has 2 atom stereocenters. The smallest absolute Gasteiger partial charge is 0.254 e. The van der Waals surface area contributed by atoms with Crippen LogP contribution in [0.15, 0.2) is 12.1 Å². The lowest BCUT2D eigenvalue weighted by Crippen LogP contribution is -2.31. The van der Waals surface area contributed by atoms with Gasteiger partial charge in [0.25, 0.3) is 5.91 Å². The van der Waals surface area contributed by atoms with Crippen molar-refractivity contribution >= 4 is 21.8 Å². The summed E-state index contributed by atoms with van der Waals surface area (Å²) >= 11 is 3.48. The van der Waals surface area contributed by atoms with Crippen molar-refractivity contribution < 1.29 is 13.6 Å². The standard InChI is InChI=1S/C15H18BrF2NO/c1-9-5-12(14(18)6-13(9)17)15(20)19-8-11-4-2-3-10(11)7-16/h5-6,10-11H,2-4,7-8H2,1H3,(H,19,20). The minimum atomic E-state index is -0.811. The molecule has 110 valence electrons. The van der Waals surface area contributed by atoms with Crippen LogP contribution in [0.4, 0.5) is 8.78 Å². The third-order valence-electron chi connectivity index (χ3n) is 4.03. The fourth-order valence-electron chi connectivity index (χ4n) is 2.74. The van der Waals surface area contributed by atoms with Crippen molar-refractivity contribution in [1.29, 1.82) is 0 Å². The molecular formula is C15H18BrF2NO. The van der Waals surface area contributed by atoms with Crippen LogP contribution in [-0.4, -0.2) is 17.8 Å². The number of carbonyl (C=O) groups excluding carboxylic acids is 1. The second kappa shape index (κ2) is 6.66. The molecule has 5 heteroatoms. The Kier molecular flexibility index (Phi) is 5.13. The number of halogens is 3. The molecule has 1 saturated carbocycles. The first kappa shape index (κ1) is 15.4. The molecule has 1 aromatic carbocycles. The van der Waals surface area contributed by atoms with E-state index in [4.69, 9.17) is 0 Å². The molecule has 1 N–H and O–H groups in total. The van der Waals surface area contributed by atoms with Gasteiger partial charge in [0.05, 0.1) is 5.56 Å². The van der Waals surface area contributed by atoms with Gasteiger partial charge in [0.1, 0.15) is 11.6 Å². The van der Waals surface area contributed by atoms with Crippen LogP contribution in [-0.2, 0) is 0 Å². The summed E-state index contributed by atoms with van der Waals surface area (Å²) in [5.41, 5.74) is 0.188. The lowest BCUT2D eigenvalue weighted by atomic mass is 9.98. The third kappa shape index (κ3) is 3.37. The van der Waals surface area contributed by atoms with Crippen molar-refractivity contribution in [2.24, 2.45) is 11.8 Å². The highest BCUT2D eigenvalue weighted by Gasteiger charge is 2.27. The van der Waals surface area contributed by atoms with Gasteiger partial charge in [-0.15, -0.1) is 0 Å². The summed E-state index contributed by atoms with van der Waals surface area (Å²) in [5.74, 6) is -0.910. The molecule has 1 aliphatic rings. The quantitative estimate of drug-likeness (QED) is 0.826. The van der Waals surface area contributed by atoms with Crippen molar-refractivity contribution in [3.05, 3.63) is 34.9 Å². The van der Waals surface area contributed by atoms with Gasteiger partial charge in [0, 0.05) is 17.9 Å². The second-order valence-corrected chi connectivity index (χ2v) is 6.04. The summed E-state index contributed by atoms with van der Waals surface area (Å²) in [7, 11) is 0. The summed E-state index contributed by atoms with van der Waals surface area (Å²) in [4.78, 5) is 12.0. The molecule has 2 unspecified atom stereocenters. The number of alkyl halides is 1. The second-order valence-electron chi connectivity index (χ2n) is 5.40. The fraction of sp³-hybridized carbons (Fsp3) is 0.533. The van der Waals surface area contributed by atoms with E-state index in [0.29, 0.717) is 18.4 Å². The fourth-order valence-corrected chi connectivity index (χ4v) is 3.59. The van der Waals surface area contributed by atoms with Crippen LogP contribution in [0.3, 0.4) is 0 Å². The maximum atomic E-state index is 13.6. The number of aryl methyl sites for hydroxylation is 1. The van der Waals surface area contributed by atoms with E-state index in [1.807, 2.05) is 0 Å². The van der Waals surface area contributed by atoms with E-state index in [9.17, 15) is 13.6 Å². The highest BCUT2D eigenvalue weighted by Crippen LogP contribution is 2.32. The number of amides is 1. The van der Waals surface area contributed by atoms with E-state index in [2.05, 4.69) is 21.2 Å². The molecule has 0 radical (unpaired) electrons. The van der Waals surface area contributed by atoms with Crippen LogP contribution >= 0.6 is 15.9 Å². The molecule has 1 fully saturated rings. The zero-order chi connectivity index (χ0) is 14.7. The van der Waals surface area contributed by atoms with E-state index in [1.54, 1.807) is 0 Å². The van der Waals surface area contributed by atoms with Gasteiger partial charge in [0.15, 0.2) is 0 Å². The molecule has 1 aromatic rings. The molecule has 0 aromatic heterocycles. The van der Waals surface area contributed by atoms with Crippen LogP contribution < -0.4 is 5.32 Å². The zero-order valence-electron chi connectivity index (χ0n) is 11.4. The van der Waals surface area contributed by atoms with Gasteiger partial charge in [0.2, 0.25) is 0 Å². The molecule has 1 amide bonds. The predicted molar refractivity (Wildman–Crippen MR) is 78.1 cm³/mol. The van der Waals surface area contributed by atoms with Crippen molar-refractivity contribution in [2.45, 2.75) is 26.2 Å². The largest absolute Gasteiger partial charge is 0.352 e. The van der Waals surface area contributed by atoms with E-state index in [-0.39, 0.29) is 11.1 Å². The first-order chi connectivity index (χ1) is 9.52. The third-order valence-corrected chi connectivity index (χ3v) is 4.86. The summed E-state index contributed by atoms with van der Waals surface area (Å²) in [6.07, 6.45) is 3.41. The number of carbonyl (C=O) groups is 1. The van der Waals surface area contributed by atoms with Gasteiger partial charge < -0.3 is 5.32 Å². The average molecular weight is 346 g/mol. The van der Waals surface area contributed by atoms with Gasteiger partial charge >= 0.3 is 0 Å². The Balaban J connectivity index is 2.00. The molecule has 0 aliphatic heterocycles. The van der Waals surface area contributed by atoms with Crippen LogP contribution in [0.2, 0.25) is 0 Å². The van der Waals surface area contributed by atoms with E-state index >= 15 is 0 Å². The topological polar surface area (TPSA) is 29.1 Å². The highest BCUT2D eigenvalue weighted by molar-refractivity contribution is 9.09. The highest BCUT2D eigenvalue weighted by atomic mass is 79.9. The van der Waals surface area contributed by atoms with E-state index in [1.165, 1.54) is 19.4 Å². The minimum absolute atomic E-state index is 0.0858. The van der Waals surface area contributed by atoms with Crippen LogP contribution in [0.1, 0.15) is 35.2 Å². The van der Waals surface area contributed by atoms with Crippen molar-refractivity contribution in [1.82, 2.24) is 5.32 Å². The summed E-state index contributed by atoms with van der Waals surface area (Å²) < 4.78 is 26.8. The normalized spacial score (nSPS) is 22.0. The van der Waals surface area contributed by atoms with Crippen LogP contribution in [0.5, 0.6) is 0 Å². The van der Waals surface area contributed by atoms with Crippen LogP contribution in [0, 0.1) is 30.4 Å². The average Bonchev–Trinajstić information content (AvgIpc) is 2.87. The van der Waals surface area contributed by atoms with Gasteiger partial charge in [-0.25, -0.2) is 8.78 Å². The van der Waals surface area contributed by atoms with E-state index < -0.39 is 17.5 Å². The van der Waals surface area contributed by atoms with Gasteiger partial charge in [-0.2, -0.15) is 0 Å². The maximum Gasteiger partial charge on any atom is 0.254 e. The summed E-state index contributed by atoms with van der Waals surface area (Å²) in [6.45, 7) is 2.06. The van der Waals surface area contributed by atoms with Gasteiger partial charge in [-0.05, 0) is 43.2 Å². The Labute approximate surface area is 126 Å². The molecule has 1 aliphatic carbocycles. The van der Waals surface area contributed by atoms with Gasteiger partial charge in [-0.3, -0.25) is 4.79 Å². The number of benzene rings is 1. The molecule has 0 bridgehead atoms. The number of nitrogens with one attached hydrogen (secondary N) is 1. The SMILES string of the molecule is Cc1cc(C(=O)NCC2CCCC2CBr)c(F)cc1F. The number of rotatable bonds is 4. The van der Waals surface area contributed by atoms with Crippen molar-refractivity contribution in [3.63, 3.8) is 0 Å². The summed E-state index contributed by atoms with van der Waals surface area (Å²) in [5, 5.41) is 3.70. The predicted octanol–water partition coefficient (Wildman–Crippen LogP) is 3.81. The first-order valence-electron chi connectivity index (χ1n) is 6.82. The lowest BCUT2D eigenvalue weighted by Gasteiger charge is -2.18. The minimum Gasteiger partial charge on any atom is -0.352 e. The Morgan fingerprint density at radius 3 is 2.70 bits per heavy atom. The Bertz CT molecular complexity index is 507. The Morgan fingerprint density at radius 2 is 2.00 bits per heavy atom. The number of hydrogen-bond acceptors (Lipinski definition) is 1. The van der Waals surface area contributed by atoms with Crippen molar-refractivity contribution in [3.8, 4) is 0 Å². The molecular weight excluding hydrogens is 328 g/mol. The summed E-state index contributed by atoms with van der Waals surface area (Å²) in [6, 6.07) is 2.03.